The average Bonchev–Trinajstić information content (AvgIpc) is 3.00. The molecule has 1 aromatic carbocycles. The largest absolute Gasteiger partial charge is 0.490 e. The van der Waals surface area contributed by atoms with Crippen LogP contribution in [0, 0.1) is 5.82 Å². The molecule has 0 bridgehead atoms. The highest BCUT2D eigenvalue weighted by atomic mass is 19.4. The van der Waals surface area contributed by atoms with Gasteiger partial charge in [0.25, 0.3) is 0 Å². The van der Waals surface area contributed by atoms with E-state index in [0.29, 0.717) is 19.6 Å². The first-order valence-electron chi connectivity index (χ1n) is 8.97. The van der Waals surface area contributed by atoms with E-state index in [1.807, 2.05) is 13.8 Å². The lowest BCUT2D eigenvalue weighted by Gasteiger charge is -2.23. The number of halogens is 7. The Morgan fingerprint density at radius 1 is 0.939 bits per heavy atom. The van der Waals surface area contributed by atoms with Crippen LogP contribution in [-0.4, -0.2) is 70.6 Å². The second kappa shape index (κ2) is 11.7. The predicted octanol–water partition coefficient (Wildman–Crippen LogP) is 3.46. The van der Waals surface area contributed by atoms with Crippen LogP contribution in [0.15, 0.2) is 24.3 Å². The molecule has 8 nitrogen and oxygen atoms in total. The molecule has 33 heavy (non-hydrogen) atoms. The van der Waals surface area contributed by atoms with Gasteiger partial charge in [0, 0.05) is 30.9 Å². The van der Waals surface area contributed by atoms with Crippen LogP contribution >= 0.6 is 0 Å². The van der Waals surface area contributed by atoms with Crippen molar-refractivity contribution in [3.05, 3.63) is 30.1 Å². The SMILES string of the molecule is CC(C)(N)CCN1CCN(c2ccc(F)cc2)C1=O.O=C(O)C(F)(F)F.O=C(O)C(F)(F)F. The molecule has 0 atom stereocenters. The van der Waals surface area contributed by atoms with E-state index < -0.39 is 24.3 Å². The van der Waals surface area contributed by atoms with Crippen LogP contribution < -0.4 is 10.6 Å². The molecule has 1 aliphatic heterocycles. The van der Waals surface area contributed by atoms with Crippen molar-refractivity contribution in [2.45, 2.75) is 38.2 Å². The summed E-state index contributed by atoms with van der Waals surface area (Å²) < 4.78 is 76.3. The van der Waals surface area contributed by atoms with E-state index in [1.165, 1.54) is 12.1 Å². The van der Waals surface area contributed by atoms with Gasteiger partial charge in [0.2, 0.25) is 0 Å². The Morgan fingerprint density at radius 3 is 1.67 bits per heavy atom. The zero-order valence-electron chi connectivity index (χ0n) is 17.4. The molecule has 188 valence electrons. The number of anilines is 1. The number of nitrogens with two attached hydrogens (primary N) is 1. The summed E-state index contributed by atoms with van der Waals surface area (Å²) in [6.07, 6.45) is -9.41. The minimum atomic E-state index is -5.08. The number of carbonyl (C=O) groups is 3. The van der Waals surface area contributed by atoms with E-state index in [-0.39, 0.29) is 17.4 Å². The standard InChI is InChI=1S/C14H20FN3O.2C2HF3O2/c1-14(2,16)7-8-17-9-10-18(13(17)19)12-5-3-11(15)4-6-12;2*3-2(4,5)1(6)7/h3-6H,7-10,16H2,1-2H3;2*(H,6,7). The van der Waals surface area contributed by atoms with E-state index >= 15 is 0 Å². The maximum atomic E-state index is 12.9. The first kappa shape index (κ1) is 29.9. The summed E-state index contributed by atoms with van der Waals surface area (Å²) in [5, 5.41) is 14.2. The molecule has 0 aromatic heterocycles. The molecule has 1 aromatic rings. The third kappa shape index (κ3) is 11.9. The Balaban J connectivity index is 0.000000605. The second-order valence-electron chi connectivity index (χ2n) is 7.24. The van der Waals surface area contributed by atoms with Crippen molar-refractivity contribution >= 4 is 23.7 Å². The van der Waals surface area contributed by atoms with Crippen molar-refractivity contribution in [2.24, 2.45) is 5.73 Å². The van der Waals surface area contributed by atoms with Crippen molar-refractivity contribution < 1.29 is 55.3 Å². The van der Waals surface area contributed by atoms with Gasteiger partial charge in [-0.05, 0) is 44.5 Å². The molecule has 0 spiro atoms. The van der Waals surface area contributed by atoms with Gasteiger partial charge in [-0.1, -0.05) is 0 Å². The van der Waals surface area contributed by atoms with E-state index in [2.05, 4.69) is 0 Å². The van der Waals surface area contributed by atoms with Crippen LogP contribution in [0.25, 0.3) is 0 Å². The summed E-state index contributed by atoms with van der Waals surface area (Å²) in [6, 6.07) is 5.96. The third-order valence-corrected chi connectivity index (χ3v) is 3.74. The van der Waals surface area contributed by atoms with Crippen LogP contribution in [0.2, 0.25) is 0 Å². The normalized spacial score (nSPS) is 14.2. The number of urea groups is 1. The van der Waals surface area contributed by atoms with Gasteiger partial charge in [-0.2, -0.15) is 26.3 Å². The van der Waals surface area contributed by atoms with Gasteiger partial charge in [-0.15, -0.1) is 0 Å². The number of carbonyl (C=O) groups excluding carboxylic acids is 1. The molecule has 2 amide bonds. The van der Waals surface area contributed by atoms with Gasteiger partial charge in [0.1, 0.15) is 5.82 Å². The minimum Gasteiger partial charge on any atom is -0.475 e. The second-order valence-corrected chi connectivity index (χ2v) is 7.24. The van der Waals surface area contributed by atoms with Gasteiger partial charge >= 0.3 is 30.3 Å². The highest BCUT2D eigenvalue weighted by molar-refractivity contribution is 5.94. The lowest BCUT2D eigenvalue weighted by molar-refractivity contribution is -0.193. The van der Waals surface area contributed by atoms with Crippen LogP contribution in [0.4, 0.5) is 41.2 Å². The number of amides is 2. The summed E-state index contributed by atoms with van der Waals surface area (Å²) in [5.41, 5.74) is 6.39. The molecule has 15 heteroatoms. The van der Waals surface area contributed by atoms with Crippen molar-refractivity contribution in [2.75, 3.05) is 24.5 Å². The molecule has 0 unspecified atom stereocenters. The lowest BCUT2D eigenvalue weighted by atomic mass is 10.0. The summed E-state index contributed by atoms with van der Waals surface area (Å²) in [4.78, 5) is 33.5. The van der Waals surface area contributed by atoms with E-state index in [9.17, 15) is 35.5 Å². The molecule has 1 aliphatic rings. The van der Waals surface area contributed by atoms with E-state index in [4.69, 9.17) is 25.5 Å². The van der Waals surface area contributed by atoms with Crippen molar-refractivity contribution in [1.29, 1.82) is 0 Å². The summed E-state index contributed by atoms with van der Waals surface area (Å²) in [5.74, 6) is -5.81. The fourth-order valence-corrected chi connectivity index (χ4v) is 2.07. The Hall–Kier alpha value is -3.10. The number of rotatable bonds is 4. The van der Waals surface area contributed by atoms with Crippen LogP contribution in [0.5, 0.6) is 0 Å². The van der Waals surface area contributed by atoms with Crippen LogP contribution in [0.1, 0.15) is 20.3 Å². The van der Waals surface area contributed by atoms with E-state index in [0.717, 1.165) is 12.1 Å². The zero-order valence-corrected chi connectivity index (χ0v) is 17.4. The number of benzene rings is 1. The van der Waals surface area contributed by atoms with E-state index in [1.54, 1.807) is 21.9 Å². The maximum Gasteiger partial charge on any atom is 0.490 e. The summed E-state index contributed by atoms with van der Waals surface area (Å²) >= 11 is 0. The first-order valence-corrected chi connectivity index (χ1v) is 8.97. The molecule has 1 saturated heterocycles. The molecule has 0 radical (unpaired) electrons. The van der Waals surface area contributed by atoms with Crippen molar-refractivity contribution in [3.63, 3.8) is 0 Å². The highest BCUT2D eigenvalue weighted by Gasteiger charge is 2.38. The highest BCUT2D eigenvalue weighted by Crippen LogP contribution is 2.21. The molecular weight excluding hydrogens is 471 g/mol. The van der Waals surface area contributed by atoms with Gasteiger partial charge in [0.05, 0.1) is 0 Å². The third-order valence-electron chi connectivity index (χ3n) is 3.74. The quantitative estimate of drug-likeness (QED) is 0.552. The smallest absolute Gasteiger partial charge is 0.475 e. The number of hydrogen-bond donors (Lipinski definition) is 3. The van der Waals surface area contributed by atoms with Crippen molar-refractivity contribution in [3.8, 4) is 0 Å². The number of nitrogens with zero attached hydrogens (tertiary/aromatic N) is 2. The molecule has 0 saturated carbocycles. The van der Waals surface area contributed by atoms with Gasteiger partial charge in [-0.3, -0.25) is 4.90 Å². The Bertz CT molecular complexity index is 782. The Morgan fingerprint density at radius 2 is 1.33 bits per heavy atom. The maximum absolute atomic E-state index is 12.9. The Labute approximate surface area is 183 Å². The number of carboxylic acids is 2. The Kier molecular flexibility index (Phi) is 10.6. The summed E-state index contributed by atoms with van der Waals surface area (Å²) in [7, 11) is 0. The fraction of sp³-hybridized carbons (Fsp3) is 0.500. The molecule has 4 N–H and O–H groups in total. The number of carboxylic acid groups (broad SMARTS) is 2. The lowest BCUT2D eigenvalue weighted by Crippen LogP contribution is -2.39. The molecule has 1 heterocycles. The van der Waals surface area contributed by atoms with Crippen LogP contribution in [0.3, 0.4) is 0 Å². The van der Waals surface area contributed by atoms with Gasteiger partial charge < -0.3 is 20.8 Å². The number of hydrogen-bond acceptors (Lipinski definition) is 4. The predicted molar refractivity (Wildman–Crippen MR) is 101 cm³/mol. The average molecular weight is 493 g/mol. The monoisotopic (exact) mass is 493 g/mol. The molecule has 2 rings (SSSR count). The fourth-order valence-electron chi connectivity index (χ4n) is 2.07. The molecule has 0 aliphatic carbocycles. The first-order chi connectivity index (χ1) is 14.8. The van der Waals surface area contributed by atoms with Crippen molar-refractivity contribution in [1.82, 2.24) is 4.90 Å². The van der Waals surface area contributed by atoms with Gasteiger partial charge in [-0.25, -0.2) is 18.8 Å². The minimum absolute atomic E-state index is 0.0316. The van der Waals surface area contributed by atoms with Crippen LogP contribution in [-0.2, 0) is 9.59 Å². The molecule has 1 fully saturated rings. The number of aliphatic carboxylic acids is 2. The topological polar surface area (TPSA) is 124 Å². The van der Waals surface area contributed by atoms with Gasteiger partial charge in [0.15, 0.2) is 0 Å². The summed E-state index contributed by atoms with van der Waals surface area (Å²) in [6.45, 7) is 5.87. The number of alkyl halides is 6. The zero-order chi connectivity index (χ0) is 26.2. The molecular formula is C18H22F7N3O5.